The maximum absolute atomic E-state index is 12.1. The molecule has 0 unspecified atom stereocenters. The Labute approximate surface area is 131 Å². The lowest BCUT2D eigenvalue weighted by Gasteiger charge is -2.18. The first-order valence-electron chi connectivity index (χ1n) is 6.17. The van der Waals surface area contributed by atoms with Crippen molar-refractivity contribution in [3.63, 3.8) is 0 Å². The summed E-state index contributed by atoms with van der Waals surface area (Å²) in [5.74, 6) is -4.90. The minimum absolute atomic E-state index is 0.175. The molecule has 1 N–H and O–H groups in total. The van der Waals surface area contributed by atoms with E-state index in [-0.39, 0.29) is 6.61 Å². The third-order valence-corrected chi connectivity index (χ3v) is 3.20. The first-order valence-corrected chi connectivity index (χ1v) is 7.16. The van der Waals surface area contributed by atoms with Crippen LogP contribution in [0.4, 0.5) is 26.3 Å². The summed E-state index contributed by atoms with van der Waals surface area (Å²) in [6, 6.07) is -2.03. The van der Waals surface area contributed by atoms with E-state index >= 15 is 0 Å². The second kappa shape index (κ2) is 8.99. The zero-order valence-electron chi connectivity index (χ0n) is 11.7. The second-order valence-electron chi connectivity index (χ2n) is 4.14. The average molecular weight is 369 g/mol. The smallest absolute Gasteiger partial charge is 0.464 e. The lowest BCUT2D eigenvalue weighted by molar-refractivity contribution is -0.175. The zero-order valence-corrected chi connectivity index (χ0v) is 12.5. The highest BCUT2D eigenvalue weighted by Crippen LogP contribution is 2.24. The highest BCUT2D eigenvalue weighted by atomic mass is 32.2. The molecule has 0 aliphatic heterocycles. The second-order valence-corrected chi connectivity index (χ2v) is 5.13. The van der Waals surface area contributed by atoms with Crippen LogP contribution >= 0.6 is 11.8 Å². The zero-order chi connectivity index (χ0) is 18.3. The Morgan fingerprint density at radius 1 is 1.09 bits per heavy atom. The van der Waals surface area contributed by atoms with Crippen molar-refractivity contribution >= 4 is 28.8 Å². The van der Waals surface area contributed by atoms with Gasteiger partial charge in [-0.25, -0.2) is 4.79 Å². The summed E-state index contributed by atoms with van der Waals surface area (Å²) in [5, 5.41) is -1.09. The number of amides is 1. The summed E-state index contributed by atoms with van der Waals surface area (Å²) in [5.41, 5.74) is 0. The quantitative estimate of drug-likeness (QED) is 0.423. The Balaban J connectivity index is 4.83. The Hall–Kier alpha value is -1.46. The van der Waals surface area contributed by atoms with E-state index in [0.717, 1.165) is 0 Å². The number of ether oxygens (including phenoxy) is 1. The molecular weight excluding hydrogens is 356 g/mol. The Morgan fingerprint density at radius 2 is 1.65 bits per heavy atom. The maximum atomic E-state index is 12.1. The minimum Gasteiger partial charge on any atom is -0.464 e. The van der Waals surface area contributed by atoms with Gasteiger partial charge in [-0.2, -0.15) is 26.3 Å². The summed E-state index contributed by atoms with van der Waals surface area (Å²) in [6.07, 6.45) is -9.58. The number of rotatable bonds is 7. The molecule has 0 aliphatic carbocycles. The molecule has 0 aromatic rings. The van der Waals surface area contributed by atoms with Gasteiger partial charge in [0.2, 0.25) is 0 Å². The summed E-state index contributed by atoms with van der Waals surface area (Å²) in [7, 11) is 0. The van der Waals surface area contributed by atoms with Crippen molar-refractivity contribution < 1.29 is 45.5 Å². The van der Waals surface area contributed by atoms with E-state index in [1.165, 1.54) is 5.32 Å². The van der Waals surface area contributed by atoms with Crippen molar-refractivity contribution in [1.29, 1.82) is 0 Å². The summed E-state index contributed by atoms with van der Waals surface area (Å²) in [4.78, 5) is 33.0. The van der Waals surface area contributed by atoms with E-state index < -0.39 is 52.9 Å². The van der Waals surface area contributed by atoms with Crippen LogP contribution in [0.3, 0.4) is 0 Å². The van der Waals surface area contributed by atoms with E-state index in [0.29, 0.717) is 12.8 Å². The van der Waals surface area contributed by atoms with Gasteiger partial charge in [-0.3, -0.25) is 9.59 Å². The van der Waals surface area contributed by atoms with E-state index in [1.807, 2.05) is 0 Å². The van der Waals surface area contributed by atoms with E-state index in [4.69, 9.17) is 0 Å². The van der Waals surface area contributed by atoms with Crippen molar-refractivity contribution in [3.8, 4) is 0 Å². The molecule has 0 aromatic carbocycles. The number of carbonyl (C=O) groups excluding carboxylic acids is 3. The van der Waals surface area contributed by atoms with Crippen LogP contribution in [0.5, 0.6) is 0 Å². The van der Waals surface area contributed by atoms with Gasteiger partial charge in [0, 0.05) is 5.75 Å². The lowest BCUT2D eigenvalue weighted by Crippen LogP contribution is -2.49. The van der Waals surface area contributed by atoms with Gasteiger partial charge in [-0.1, -0.05) is 25.1 Å². The fourth-order valence-corrected chi connectivity index (χ4v) is 1.77. The fraction of sp³-hybridized carbons (Fsp3) is 0.727. The van der Waals surface area contributed by atoms with Gasteiger partial charge in [0.15, 0.2) is 0 Å². The standard InChI is InChI=1S/C11H13F6NO4S/c1-2-3-4-22-7(19)6(18-8(20)10(12,13)14)5-23-9(21)11(15,16)17/h6H,2-5H2,1H3,(H,18,20)/t6-/m0/s1. The lowest BCUT2D eigenvalue weighted by atomic mass is 10.3. The molecule has 23 heavy (non-hydrogen) atoms. The molecule has 5 nitrogen and oxygen atoms in total. The summed E-state index contributed by atoms with van der Waals surface area (Å²) in [6.45, 7) is 1.56. The molecule has 0 radical (unpaired) electrons. The normalized spacial score (nSPS) is 13.3. The highest BCUT2D eigenvalue weighted by molar-refractivity contribution is 8.13. The third kappa shape index (κ3) is 8.67. The fourth-order valence-electron chi connectivity index (χ4n) is 1.07. The number of nitrogens with one attached hydrogen (secondary N) is 1. The van der Waals surface area contributed by atoms with Crippen LogP contribution in [-0.4, -0.2) is 47.7 Å². The minimum atomic E-state index is -5.33. The van der Waals surface area contributed by atoms with Crippen LogP contribution in [0.2, 0.25) is 0 Å². The number of esters is 1. The molecule has 0 saturated carbocycles. The molecule has 1 atom stereocenters. The SMILES string of the molecule is CCCCOC(=O)[C@H](CSC(=O)C(F)(F)F)NC(=O)C(F)(F)F. The first-order chi connectivity index (χ1) is 10.4. The molecule has 0 bridgehead atoms. The Kier molecular flexibility index (Phi) is 8.42. The van der Waals surface area contributed by atoms with Gasteiger partial charge in [-0.15, -0.1) is 0 Å². The number of thioether (sulfide) groups is 1. The molecule has 0 heterocycles. The van der Waals surface area contributed by atoms with Crippen LogP contribution in [-0.2, 0) is 19.1 Å². The average Bonchev–Trinajstić information content (AvgIpc) is 2.40. The van der Waals surface area contributed by atoms with Crippen molar-refractivity contribution in [3.05, 3.63) is 0 Å². The number of halogens is 6. The molecule has 12 heteroatoms. The molecule has 134 valence electrons. The van der Waals surface area contributed by atoms with Gasteiger partial charge < -0.3 is 10.1 Å². The van der Waals surface area contributed by atoms with Gasteiger partial charge in [0.05, 0.1) is 6.61 Å². The van der Waals surface area contributed by atoms with Gasteiger partial charge in [-0.05, 0) is 6.42 Å². The molecule has 0 aromatic heterocycles. The van der Waals surface area contributed by atoms with Gasteiger partial charge in [0.25, 0.3) is 5.12 Å². The number of unbranched alkanes of at least 4 members (excludes halogenated alkanes) is 1. The van der Waals surface area contributed by atoms with Gasteiger partial charge >= 0.3 is 24.2 Å². The Bertz CT molecular complexity index is 437. The Morgan fingerprint density at radius 3 is 2.09 bits per heavy atom. The summed E-state index contributed by atoms with van der Waals surface area (Å²) >= 11 is -0.435. The van der Waals surface area contributed by atoms with Crippen molar-refractivity contribution in [1.82, 2.24) is 5.32 Å². The van der Waals surface area contributed by atoms with Crippen LogP contribution in [0.25, 0.3) is 0 Å². The van der Waals surface area contributed by atoms with E-state index in [9.17, 15) is 40.7 Å². The first kappa shape index (κ1) is 21.5. The summed E-state index contributed by atoms with van der Waals surface area (Å²) < 4.78 is 77.1. The topological polar surface area (TPSA) is 72.5 Å². The van der Waals surface area contributed by atoms with Gasteiger partial charge in [0.1, 0.15) is 6.04 Å². The molecule has 0 rings (SSSR count). The molecule has 0 fully saturated rings. The number of hydrogen-bond acceptors (Lipinski definition) is 5. The molecule has 0 saturated heterocycles. The number of carbonyl (C=O) groups is 3. The maximum Gasteiger partial charge on any atom is 0.471 e. The molecule has 0 aliphatic rings. The van der Waals surface area contributed by atoms with Crippen LogP contribution in [0.15, 0.2) is 0 Å². The van der Waals surface area contributed by atoms with E-state index in [1.54, 1.807) is 6.92 Å². The van der Waals surface area contributed by atoms with E-state index in [2.05, 4.69) is 4.74 Å². The highest BCUT2D eigenvalue weighted by Gasteiger charge is 2.43. The van der Waals surface area contributed by atoms with Crippen LogP contribution in [0, 0.1) is 0 Å². The van der Waals surface area contributed by atoms with Crippen molar-refractivity contribution in [2.24, 2.45) is 0 Å². The monoisotopic (exact) mass is 369 g/mol. The third-order valence-electron chi connectivity index (χ3n) is 2.20. The largest absolute Gasteiger partial charge is 0.471 e. The molecule has 0 spiro atoms. The predicted molar refractivity (Wildman–Crippen MR) is 67.4 cm³/mol. The predicted octanol–water partition coefficient (Wildman–Crippen LogP) is 2.20. The van der Waals surface area contributed by atoms with Crippen molar-refractivity contribution in [2.45, 2.75) is 38.2 Å². The molecular formula is C11H13F6NO4S. The molecule has 1 amide bonds. The van der Waals surface area contributed by atoms with Crippen LogP contribution < -0.4 is 5.32 Å². The number of alkyl halides is 6. The van der Waals surface area contributed by atoms with Crippen molar-refractivity contribution in [2.75, 3.05) is 12.4 Å². The van der Waals surface area contributed by atoms with Crippen LogP contribution in [0.1, 0.15) is 19.8 Å². The number of hydrogen-bond donors (Lipinski definition) is 1.